The minimum atomic E-state index is -0.536. The lowest BCUT2D eigenvalue weighted by molar-refractivity contribution is -0.137. The summed E-state index contributed by atoms with van der Waals surface area (Å²) < 4.78 is 12.6. The van der Waals surface area contributed by atoms with Crippen LogP contribution < -0.4 is 4.74 Å². The summed E-state index contributed by atoms with van der Waals surface area (Å²) in [6, 6.07) is 9.71. The topological polar surface area (TPSA) is 51.7 Å². The number of carbonyl (C=O) groups is 1. The summed E-state index contributed by atoms with van der Waals surface area (Å²) in [4.78, 5) is 18.6. The standard InChI is InChI=1S/C20H23BrN2O3/c1-14-5-6-19(18(21)10-14)26-15(2)20(24)23-9-7-17(12-23)25-13-16-4-3-8-22-11-16/h3-6,8,10-11,15,17H,7,9,12-13H2,1-2H3/t15-,17+/m1/s1. The van der Waals surface area contributed by atoms with Crippen LogP contribution in [0, 0.1) is 6.92 Å². The van der Waals surface area contributed by atoms with E-state index in [4.69, 9.17) is 9.47 Å². The Labute approximate surface area is 162 Å². The second-order valence-electron chi connectivity index (χ2n) is 6.56. The predicted molar refractivity (Wildman–Crippen MR) is 103 cm³/mol. The van der Waals surface area contributed by atoms with E-state index in [-0.39, 0.29) is 12.0 Å². The van der Waals surface area contributed by atoms with Crippen molar-refractivity contribution in [3.8, 4) is 5.75 Å². The molecule has 0 aliphatic carbocycles. The molecule has 0 N–H and O–H groups in total. The maximum atomic E-state index is 12.7. The van der Waals surface area contributed by atoms with Gasteiger partial charge in [0.05, 0.1) is 17.2 Å². The van der Waals surface area contributed by atoms with Crippen molar-refractivity contribution in [3.05, 3.63) is 58.3 Å². The number of hydrogen-bond donors (Lipinski definition) is 0. The molecule has 2 heterocycles. The fraction of sp³-hybridized carbons (Fsp3) is 0.400. The molecule has 2 aromatic rings. The van der Waals surface area contributed by atoms with Crippen molar-refractivity contribution in [1.29, 1.82) is 0 Å². The van der Waals surface area contributed by atoms with Gasteiger partial charge >= 0.3 is 0 Å². The molecule has 1 aliphatic heterocycles. The van der Waals surface area contributed by atoms with Gasteiger partial charge in [-0.25, -0.2) is 0 Å². The molecular weight excluding hydrogens is 396 g/mol. The number of amides is 1. The Hall–Kier alpha value is -1.92. The fourth-order valence-electron chi connectivity index (χ4n) is 2.96. The van der Waals surface area contributed by atoms with Crippen molar-refractivity contribution in [1.82, 2.24) is 9.88 Å². The first-order valence-electron chi connectivity index (χ1n) is 8.75. The minimum Gasteiger partial charge on any atom is -0.480 e. The number of benzene rings is 1. The molecule has 0 spiro atoms. The quantitative estimate of drug-likeness (QED) is 0.716. The Morgan fingerprint density at radius 2 is 2.27 bits per heavy atom. The maximum Gasteiger partial charge on any atom is 0.263 e. The molecule has 5 nitrogen and oxygen atoms in total. The molecule has 1 aromatic carbocycles. The maximum absolute atomic E-state index is 12.7. The van der Waals surface area contributed by atoms with Crippen molar-refractivity contribution in [2.75, 3.05) is 13.1 Å². The average Bonchev–Trinajstić information content (AvgIpc) is 3.11. The van der Waals surface area contributed by atoms with Crippen LogP contribution >= 0.6 is 15.9 Å². The van der Waals surface area contributed by atoms with Crippen molar-refractivity contribution >= 4 is 21.8 Å². The van der Waals surface area contributed by atoms with Crippen LogP contribution in [0.4, 0.5) is 0 Å². The molecule has 1 saturated heterocycles. The molecule has 0 unspecified atom stereocenters. The normalized spacial score (nSPS) is 18.0. The average molecular weight is 419 g/mol. The van der Waals surface area contributed by atoms with E-state index in [0.29, 0.717) is 25.4 Å². The summed E-state index contributed by atoms with van der Waals surface area (Å²) in [6.07, 6.45) is 3.90. The molecule has 2 atom stereocenters. The van der Waals surface area contributed by atoms with Crippen LogP contribution in [-0.2, 0) is 16.1 Å². The zero-order valence-corrected chi connectivity index (χ0v) is 16.6. The molecule has 1 aromatic heterocycles. The molecule has 0 saturated carbocycles. The molecule has 1 fully saturated rings. The van der Waals surface area contributed by atoms with Gasteiger partial charge in [-0.15, -0.1) is 0 Å². The Morgan fingerprint density at radius 1 is 1.42 bits per heavy atom. The summed E-state index contributed by atoms with van der Waals surface area (Å²) in [7, 11) is 0. The van der Waals surface area contributed by atoms with Gasteiger partial charge in [0.25, 0.3) is 5.91 Å². The second kappa shape index (κ2) is 8.64. The van der Waals surface area contributed by atoms with E-state index in [2.05, 4.69) is 20.9 Å². The zero-order valence-electron chi connectivity index (χ0n) is 15.0. The lowest BCUT2D eigenvalue weighted by Crippen LogP contribution is -2.39. The van der Waals surface area contributed by atoms with Crippen LogP contribution in [0.3, 0.4) is 0 Å². The number of carbonyl (C=O) groups excluding carboxylic acids is 1. The molecule has 1 amide bonds. The van der Waals surface area contributed by atoms with E-state index in [1.54, 1.807) is 19.3 Å². The van der Waals surface area contributed by atoms with E-state index >= 15 is 0 Å². The molecule has 138 valence electrons. The SMILES string of the molecule is Cc1ccc(O[C@H](C)C(=O)N2CC[C@H](OCc3cccnc3)C2)c(Br)c1. The van der Waals surface area contributed by atoms with Crippen LogP contribution in [0.2, 0.25) is 0 Å². The van der Waals surface area contributed by atoms with E-state index in [1.165, 1.54) is 0 Å². The fourth-order valence-corrected chi connectivity index (χ4v) is 3.55. The number of aryl methyl sites for hydroxylation is 1. The Bertz CT molecular complexity index is 754. The van der Waals surface area contributed by atoms with Gasteiger partial charge in [-0.1, -0.05) is 12.1 Å². The first-order valence-corrected chi connectivity index (χ1v) is 9.54. The largest absolute Gasteiger partial charge is 0.480 e. The summed E-state index contributed by atoms with van der Waals surface area (Å²) in [6.45, 7) is 5.61. The first kappa shape index (κ1) is 18.9. The number of pyridine rings is 1. The molecule has 1 aliphatic rings. The monoisotopic (exact) mass is 418 g/mol. The van der Waals surface area contributed by atoms with E-state index in [0.717, 1.165) is 22.0 Å². The molecular formula is C20H23BrN2O3. The number of nitrogens with zero attached hydrogens (tertiary/aromatic N) is 2. The van der Waals surface area contributed by atoms with Gasteiger partial charge in [0.15, 0.2) is 6.10 Å². The highest BCUT2D eigenvalue weighted by Gasteiger charge is 2.30. The van der Waals surface area contributed by atoms with Crippen molar-refractivity contribution in [2.24, 2.45) is 0 Å². The van der Waals surface area contributed by atoms with Crippen LogP contribution in [-0.4, -0.2) is 41.1 Å². The van der Waals surface area contributed by atoms with Gasteiger partial charge in [0.1, 0.15) is 5.75 Å². The van der Waals surface area contributed by atoms with Crippen molar-refractivity contribution in [3.63, 3.8) is 0 Å². The predicted octanol–water partition coefficient (Wildman–Crippen LogP) is 3.74. The lowest BCUT2D eigenvalue weighted by Gasteiger charge is -2.22. The van der Waals surface area contributed by atoms with Gasteiger partial charge in [-0.3, -0.25) is 9.78 Å². The summed E-state index contributed by atoms with van der Waals surface area (Å²) >= 11 is 3.49. The Kier molecular flexibility index (Phi) is 6.27. The number of hydrogen-bond acceptors (Lipinski definition) is 4. The summed E-state index contributed by atoms with van der Waals surface area (Å²) in [5.74, 6) is 0.671. The lowest BCUT2D eigenvalue weighted by atomic mass is 10.2. The Morgan fingerprint density at radius 3 is 3.00 bits per heavy atom. The van der Waals surface area contributed by atoms with Crippen molar-refractivity contribution < 1.29 is 14.3 Å². The van der Waals surface area contributed by atoms with E-state index < -0.39 is 6.10 Å². The number of aromatic nitrogens is 1. The molecule has 0 radical (unpaired) electrons. The highest BCUT2D eigenvalue weighted by atomic mass is 79.9. The van der Waals surface area contributed by atoms with E-state index in [1.807, 2.05) is 42.2 Å². The molecule has 0 bridgehead atoms. The number of likely N-dealkylation sites (tertiary alicyclic amines) is 1. The summed E-state index contributed by atoms with van der Waals surface area (Å²) in [5, 5.41) is 0. The van der Waals surface area contributed by atoms with Gasteiger partial charge in [0, 0.05) is 25.5 Å². The minimum absolute atomic E-state index is 0.00930. The van der Waals surface area contributed by atoms with E-state index in [9.17, 15) is 4.79 Å². The van der Waals surface area contributed by atoms with Crippen LogP contribution in [0.15, 0.2) is 47.2 Å². The van der Waals surface area contributed by atoms with Crippen LogP contribution in [0.1, 0.15) is 24.5 Å². The smallest absolute Gasteiger partial charge is 0.263 e. The molecule has 6 heteroatoms. The van der Waals surface area contributed by atoms with Crippen LogP contribution in [0.25, 0.3) is 0 Å². The van der Waals surface area contributed by atoms with Gasteiger partial charge in [0.2, 0.25) is 0 Å². The first-order chi connectivity index (χ1) is 12.5. The molecule has 3 rings (SSSR count). The third kappa shape index (κ3) is 4.83. The number of rotatable bonds is 6. The highest BCUT2D eigenvalue weighted by Crippen LogP contribution is 2.27. The molecule has 26 heavy (non-hydrogen) atoms. The Balaban J connectivity index is 1.50. The van der Waals surface area contributed by atoms with Gasteiger partial charge in [-0.2, -0.15) is 0 Å². The zero-order chi connectivity index (χ0) is 18.5. The summed E-state index contributed by atoms with van der Waals surface area (Å²) in [5.41, 5.74) is 2.18. The second-order valence-corrected chi connectivity index (χ2v) is 7.42. The number of ether oxygens (including phenoxy) is 2. The van der Waals surface area contributed by atoms with Gasteiger partial charge in [-0.05, 0) is 65.5 Å². The van der Waals surface area contributed by atoms with Crippen LogP contribution in [0.5, 0.6) is 5.75 Å². The highest BCUT2D eigenvalue weighted by molar-refractivity contribution is 9.10. The van der Waals surface area contributed by atoms with Crippen molar-refractivity contribution in [2.45, 2.75) is 39.1 Å². The third-order valence-corrected chi connectivity index (χ3v) is 5.02. The number of halogens is 1. The third-order valence-electron chi connectivity index (χ3n) is 4.40. The van der Waals surface area contributed by atoms with Gasteiger partial charge < -0.3 is 14.4 Å².